The predicted octanol–water partition coefficient (Wildman–Crippen LogP) is 3.76. The molecule has 40 heavy (non-hydrogen) atoms. The molecule has 1 heterocycles. The van der Waals surface area contributed by atoms with E-state index in [-0.39, 0.29) is 18.4 Å². The van der Waals surface area contributed by atoms with E-state index in [9.17, 15) is 26.8 Å². The van der Waals surface area contributed by atoms with Crippen LogP contribution < -0.4 is 19.7 Å². The number of amides is 2. The number of nitrogens with one attached hydrogen (secondary N) is 3. The summed E-state index contributed by atoms with van der Waals surface area (Å²) in [7, 11) is -0.452. The van der Waals surface area contributed by atoms with Crippen LogP contribution in [0.25, 0.3) is 10.9 Å². The van der Waals surface area contributed by atoms with Crippen LogP contribution in [0.1, 0.15) is 11.1 Å². The number of carbonyl (C=O) groups excluding carboxylic acids is 2. The summed E-state index contributed by atoms with van der Waals surface area (Å²) in [6, 6.07) is 13.4. The number of carbonyl (C=O) groups is 2. The van der Waals surface area contributed by atoms with E-state index in [0.29, 0.717) is 33.6 Å². The van der Waals surface area contributed by atoms with Gasteiger partial charge in [0.2, 0.25) is 21.8 Å². The normalized spacial score (nSPS) is 12.1. The van der Waals surface area contributed by atoms with Gasteiger partial charge in [-0.3, -0.25) is 14.3 Å². The second kappa shape index (κ2) is 11.7. The number of aromatic nitrogens is 1. The van der Waals surface area contributed by atoms with Crippen LogP contribution >= 0.6 is 0 Å². The Morgan fingerprint density at radius 3 is 2.33 bits per heavy atom. The quantitative estimate of drug-likeness (QED) is 0.268. The van der Waals surface area contributed by atoms with Crippen LogP contribution in [-0.2, 0) is 32.5 Å². The largest absolute Gasteiger partial charge is 0.497 e. The molecular weight excluding hydrogens is 542 g/mol. The smallest absolute Gasteiger partial charge is 0.249 e. The van der Waals surface area contributed by atoms with Crippen LogP contribution in [0.4, 0.5) is 20.2 Å². The van der Waals surface area contributed by atoms with Crippen molar-refractivity contribution in [3.8, 4) is 5.75 Å². The fourth-order valence-corrected chi connectivity index (χ4v) is 4.91. The minimum atomic E-state index is -3.50. The Morgan fingerprint density at radius 2 is 1.70 bits per heavy atom. The number of hydrogen-bond donors (Lipinski definition) is 3. The first kappa shape index (κ1) is 28.6. The van der Waals surface area contributed by atoms with Crippen molar-refractivity contribution in [1.29, 1.82) is 0 Å². The third-order valence-corrected chi connectivity index (χ3v) is 6.81. The molecule has 2 amide bonds. The zero-order valence-electron chi connectivity index (χ0n) is 22.0. The lowest BCUT2D eigenvalue weighted by molar-refractivity contribution is -0.127. The number of anilines is 2. The van der Waals surface area contributed by atoms with Crippen LogP contribution in [0.15, 0.2) is 66.9 Å². The van der Waals surface area contributed by atoms with E-state index < -0.39 is 39.5 Å². The molecular formula is C28H28F2N4O5S. The monoisotopic (exact) mass is 570 g/mol. The number of methoxy groups -OCH3 is 1. The molecule has 0 saturated heterocycles. The predicted molar refractivity (Wildman–Crippen MR) is 149 cm³/mol. The average molecular weight is 571 g/mol. The molecule has 0 unspecified atom stereocenters. The standard InChI is InChI=1S/C28H28F2N4O5S/c1-34(22-5-7-23(39-2)8-6-22)28(36)26(12-17-10-19(29)14-20(30)11-17)32-27(35)13-18-16-31-25-9-4-21(15-24(18)25)33-40(3,37)38/h4-11,14-16,26,31,33H,12-13H2,1-3H3,(H,32,35)/t26-/m0/s1. The molecule has 0 radical (unpaired) electrons. The van der Waals surface area contributed by atoms with Gasteiger partial charge in [0.05, 0.1) is 19.8 Å². The van der Waals surface area contributed by atoms with Crippen LogP contribution in [0.3, 0.4) is 0 Å². The maximum atomic E-state index is 13.9. The van der Waals surface area contributed by atoms with Gasteiger partial charge in [-0.1, -0.05) is 0 Å². The molecule has 3 N–H and O–H groups in total. The second-order valence-electron chi connectivity index (χ2n) is 9.32. The van der Waals surface area contributed by atoms with Crippen LogP contribution in [0.2, 0.25) is 0 Å². The minimum absolute atomic E-state index is 0.143. The summed E-state index contributed by atoms with van der Waals surface area (Å²) in [5.74, 6) is -2.01. The Labute approximate surface area is 230 Å². The maximum Gasteiger partial charge on any atom is 0.249 e. The van der Waals surface area contributed by atoms with Crippen molar-refractivity contribution in [2.24, 2.45) is 0 Å². The first-order valence-corrected chi connectivity index (χ1v) is 14.0. The number of H-pyrrole nitrogens is 1. The number of nitrogens with zero attached hydrogens (tertiary/aromatic N) is 1. The van der Waals surface area contributed by atoms with Crippen molar-refractivity contribution >= 4 is 44.1 Å². The molecule has 1 aromatic heterocycles. The number of hydrogen-bond acceptors (Lipinski definition) is 5. The van der Waals surface area contributed by atoms with Crippen molar-refractivity contribution < 1.29 is 31.5 Å². The number of halogens is 2. The van der Waals surface area contributed by atoms with Gasteiger partial charge in [0.1, 0.15) is 23.4 Å². The lowest BCUT2D eigenvalue weighted by atomic mass is 10.0. The second-order valence-corrected chi connectivity index (χ2v) is 11.1. The molecule has 4 aromatic rings. The highest BCUT2D eigenvalue weighted by Gasteiger charge is 2.26. The SMILES string of the molecule is COc1ccc(N(C)C(=O)[C@H](Cc2cc(F)cc(F)c2)NC(=O)Cc2c[nH]c3ccc(NS(C)(=O)=O)cc23)cc1. The Morgan fingerprint density at radius 1 is 1.02 bits per heavy atom. The maximum absolute atomic E-state index is 13.9. The highest BCUT2D eigenvalue weighted by Crippen LogP contribution is 2.24. The lowest BCUT2D eigenvalue weighted by Crippen LogP contribution is -2.49. The van der Waals surface area contributed by atoms with Gasteiger partial charge in [0.15, 0.2) is 0 Å². The summed E-state index contributed by atoms with van der Waals surface area (Å²) >= 11 is 0. The summed E-state index contributed by atoms with van der Waals surface area (Å²) in [5, 5.41) is 3.33. The molecule has 0 spiro atoms. The van der Waals surface area contributed by atoms with Crippen LogP contribution in [-0.4, -0.2) is 51.7 Å². The van der Waals surface area contributed by atoms with Crippen molar-refractivity contribution in [3.05, 3.63) is 89.6 Å². The molecule has 210 valence electrons. The topological polar surface area (TPSA) is 121 Å². The summed E-state index contributed by atoms with van der Waals surface area (Å²) in [4.78, 5) is 31.1. The summed E-state index contributed by atoms with van der Waals surface area (Å²) in [6.07, 6.45) is 2.36. The van der Waals surface area contributed by atoms with E-state index in [1.165, 1.54) is 19.1 Å². The molecule has 0 aliphatic heterocycles. The fraction of sp³-hybridized carbons (Fsp3) is 0.214. The molecule has 0 aliphatic carbocycles. The summed E-state index contributed by atoms with van der Waals surface area (Å²) in [5.41, 5.74) is 2.31. The average Bonchev–Trinajstić information content (AvgIpc) is 3.27. The van der Waals surface area contributed by atoms with Gasteiger partial charge in [-0.15, -0.1) is 0 Å². The molecule has 0 fully saturated rings. The molecule has 9 nitrogen and oxygen atoms in total. The van der Waals surface area contributed by atoms with Crippen LogP contribution in [0.5, 0.6) is 5.75 Å². The number of fused-ring (bicyclic) bond motifs is 1. The summed E-state index contributed by atoms with van der Waals surface area (Å²) in [6.45, 7) is 0. The third-order valence-electron chi connectivity index (χ3n) is 6.21. The Bertz CT molecular complexity index is 1630. The molecule has 0 aliphatic rings. The third kappa shape index (κ3) is 7.14. The van der Waals surface area contributed by atoms with E-state index in [1.54, 1.807) is 48.7 Å². The van der Waals surface area contributed by atoms with Crippen molar-refractivity contribution in [1.82, 2.24) is 10.3 Å². The van der Waals surface area contributed by atoms with Crippen molar-refractivity contribution in [2.75, 3.05) is 30.0 Å². The van der Waals surface area contributed by atoms with Crippen LogP contribution in [0, 0.1) is 11.6 Å². The molecule has 0 saturated carbocycles. The van der Waals surface area contributed by atoms with Gasteiger partial charge >= 0.3 is 0 Å². The van der Waals surface area contributed by atoms with Crippen molar-refractivity contribution in [3.63, 3.8) is 0 Å². The molecule has 12 heteroatoms. The van der Waals surface area contributed by atoms with E-state index in [1.807, 2.05) is 0 Å². The zero-order valence-corrected chi connectivity index (χ0v) is 22.8. The van der Waals surface area contributed by atoms with Gasteiger partial charge in [0.25, 0.3) is 0 Å². The Balaban J connectivity index is 1.58. The van der Waals surface area contributed by atoms with E-state index >= 15 is 0 Å². The highest BCUT2D eigenvalue weighted by atomic mass is 32.2. The first-order valence-electron chi connectivity index (χ1n) is 12.2. The zero-order chi connectivity index (χ0) is 29.0. The number of aromatic amines is 1. The molecule has 3 aromatic carbocycles. The van der Waals surface area contributed by atoms with Gasteiger partial charge in [-0.05, 0) is 65.7 Å². The van der Waals surface area contributed by atoms with E-state index in [0.717, 1.165) is 24.5 Å². The Kier molecular flexibility index (Phi) is 8.38. The minimum Gasteiger partial charge on any atom is -0.497 e. The van der Waals surface area contributed by atoms with E-state index in [2.05, 4.69) is 15.0 Å². The van der Waals surface area contributed by atoms with Gasteiger partial charge in [-0.2, -0.15) is 0 Å². The number of ether oxygens (including phenoxy) is 1. The fourth-order valence-electron chi connectivity index (χ4n) is 4.35. The Hall–Kier alpha value is -4.45. The number of sulfonamides is 1. The van der Waals surface area contributed by atoms with Gasteiger partial charge in [-0.25, -0.2) is 17.2 Å². The number of rotatable bonds is 10. The number of likely N-dealkylation sites (N-methyl/N-ethyl adjacent to an activating group) is 1. The summed E-state index contributed by atoms with van der Waals surface area (Å²) < 4.78 is 58.6. The highest BCUT2D eigenvalue weighted by molar-refractivity contribution is 7.92. The molecule has 1 atom stereocenters. The number of benzene rings is 3. The first-order chi connectivity index (χ1) is 18.9. The van der Waals surface area contributed by atoms with Gasteiger partial charge in [0, 0.05) is 48.0 Å². The van der Waals surface area contributed by atoms with E-state index in [4.69, 9.17) is 4.74 Å². The van der Waals surface area contributed by atoms with Gasteiger partial charge < -0.3 is 19.9 Å². The molecule has 4 rings (SSSR count). The molecule has 0 bridgehead atoms. The lowest BCUT2D eigenvalue weighted by Gasteiger charge is -2.25. The van der Waals surface area contributed by atoms with Crippen molar-refractivity contribution in [2.45, 2.75) is 18.9 Å².